The number of sulfone groups is 1. The first-order valence-corrected chi connectivity index (χ1v) is 10.0. The lowest BCUT2D eigenvalue weighted by Crippen LogP contribution is -2.48. The van der Waals surface area contributed by atoms with Gasteiger partial charge in [-0.15, -0.1) is 0 Å². The van der Waals surface area contributed by atoms with Gasteiger partial charge >= 0.3 is 0 Å². The van der Waals surface area contributed by atoms with Crippen LogP contribution in [0.2, 0.25) is 0 Å². The van der Waals surface area contributed by atoms with Crippen molar-refractivity contribution in [2.24, 2.45) is 0 Å². The molecule has 0 spiro atoms. The molecule has 5 heteroatoms. The van der Waals surface area contributed by atoms with Gasteiger partial charge in [-0.05, 0) is 51.6 Å². The number of hydrogen-bond donors (Lipinski definition) is 1. The molecule has 20 heavy (non-hydrogen) atoms. The lowest BCUT2D eigenvalue weighted by atomic mass is 9.89. The van der Waals surface area contributed by atoms with Gasteiger partial charge in [-0.25, -0.2) is 8.42 Å². The molecule has 2 rings (SSSR count). The molecule has 1 aliphatic carbocycles. The number of rotatable bonds is 4. The Morgan fingerprint density at radius 1 is 1.05 bits per heavy atom. The Bertz CT molecular complexity index is 398. The standard InChI is InChI=1S/C15H30N2O2S.H2/c1-12(2)16-13-4-6-14(7-5-13)17-10-8-15(9-11-17)20(3,18)19;/h12-16H,4-11H2,1-3H3;1H. The monoisotopic (exact) mass is 304 g/mol. The van der Waals surface area contributed by atoms with Crippen LogP contribution < -0.4 is 5.32 Å². The number of hydrogen-bond acceptors (Lipinski definition) is 4. The van der Waals surface area contributed by atoms with E-state index >= 15 is 0 Å². The minimum Gasteiger partial charge on any atom is -0.312 e. The normalized spacial score (nSPS) is 30.8. The van der Waals surface area contributed by atoms with E-state index in [0.717, 1.165) is 25.9 Å². The summed E-state index contributed by atoms with van der Waals surface area (Å²) in [5.41, 5.74) is 0. The van der Waals surface area contributed by atoms with Crippen molar-refractivity contribution in [2.45, 2.75) is 75.7 Å². The average Bonchev–Trinajstić information content (AvgIpc) is 2.38. The minimum absolute atomic E-state index is 0. The second kappa shape index (κ2) is 6.75. The molecule has 0 unspecified atom stereocenters. The highest BCUT2D eigenvalue weighted by Crippen LogP contribution is 2.27. The van der Waals surface area contributed by atoms with Gasteiger partial charge in [0.05, 0.1) is 5.25 Å². The Balaban J connectivity index is 0.00000220. The lowest BCUT2D eigenvalue weighted by Gasteiger charge is -2.41. The van der Waals surface area contributed by atoms with Gasteiger partial charge in [0.1, 0.15) is 9.84 Å². The Morgan fingerprint density at radius 3 is 2.05 bits per heavy atom. The van der Waals surface area contributed by atoms with Crippen molar-refractivity contribution >= 4 is 9.84 Å². The molecular weight excluding hydrogens is 272 g/mol. The van der Waals surface area contributed by atoms with Crippen molar-refractivity contribution in [2.75, 3.05) is 19.3 Å². The van der Waals surface area contributed by atoms with Crippen LogP contribution in [-0.4, -0.2) is 56.0 Å². The van der Waals surface area contributed by atoms with Crippen molar-refractivity contribution in [3.63, 3.8) is 0 Å². The van der Waals surface area contributed by atoms with Gasteiger partial charge < -0.3 is 10.2 Å². The molecule has 2 fully saturated rings. The highest BCUT2D eigenvalue weighted by Gasteiger charge is 2.31. The number of nitrogens with zero attached hydrogens (tertiary/aromatic N) is 1. The summed E-state index contributed by atoms with van der Waals surface area (Å²) < 4.78 is 23.2. The SMILES string of the molecule is CC(C)NC1CCC(N2CCC(S(C)(=O)=O)CC2)CC1.[HH]. The first kappa shape index (κ1) is 16.2. The van der Waals surface area contributed by atoms with E-state index in [0.29, 0.717) is 18.1 Å². The van der Waals surface area contributed by atoms with Crippen LogP contribution in [0, 0.1) is 0 Å². The molecule has 0 bridgehead atoms. The highest BCUT2D eigenvalue weighted by molar-refractivity contribution is 7.91. The van der Waals surface area contributed by atoms with Gasteiger partial charge in [0, 0.05) is 25.8 Å². The fourth-order valence-electron chi connectivity index (χ4n) is 3.75. The molecule has 0 radical (unpaired) electrons. The third kappa shape index (κ3) is 4.43. The van der Waals surface area contributed by atoms with Crippen LogP contribution in [0.5, 0.6) is 0 Å². The van der Waals surface area contributed by atoms with Crippen molar-refractivity contribution in [3.05, 3.63) is 0 Å². The summed E-state index contributed by atoms with van der Waals surface area (Å²) in [4.78, 5) is 2.53. The quantitative estimate of drug-likeness (QED) is 0.863. The maximum absolute atomic E-state index is 11.6. The van der Waals surface area contributed by atoms with Crippen LogP contribution in [0.3, 0.4) is 0 Å². The molecule has 0 aromatic carbocycles. The molecule has 1 saturated heterocycles. The van der Waals surface area contributed by atoms with Gasteiger partial charge in [-0.1, -0.05) is 13.8 Å². The van der Waals surface area contributed by atoms with E-state index in [4.69, 9.17) is 0 Å². The fourth-order valence-corrected chi connectivity index (χ4v) is 4.82. The number of piperidine rings is 1. The topological polar surface area (TPSA) is 49.4 Å². The summed E-state index contributed by atoms with van der Waals surface area (Å²) >= 11 is 0. The van der Waals surface area contributed by atoms with Gasteiger partial charge in [0.25, 0.3) is 0 Å². The Labute approximate surface area is 125 Å². The zero-order valence-electron chi connectivity index (χ0n) is 13.1. The first-order valence-electron chi connectivity index (χ1n) is 8.05. The molecule has 4 nitrogen and oxygen atoms in total. The highest BCUT2D eigenvalue weighted by atomic mass is 32.2. The molecule has 1 heterocycles. The van der Waals surface area contributed by atoms with Gasteiger partial charge in [0.2, 0.25) is 0 Å². The third-order valence-electron chi connectivity index (χ3n) is 4.86. The van der Waals surface area contributed by atoms with Gasteiger partial charge in [-0.2, -0.15) is 0 Å². The Morgan fingerprint density at radius 2 is 1.60 bits per heavy atom. The smallest absolute Gasteiger partial charge is 0.150 e. The molecule has 2 aliphatic rings. The van der Waals surface area contributed by atoms with Crippen molar-refractivity contribution in [1.29, 1.82) is 0 Å². The van der Waals surface area contributed by atoms with Crippen molar-refractivity contribution < 1.29 is 9.84 Å². The van der Waals surface area contributed by atoms with Crippen LogP contribution in [0.1, 0.15) is 53.8 Å². The molecule has 1 aliphatic heterocycles. The largest absolute Gasteiger partial charge is 0.312 e. The second-order valence-electron chi connectivity index (χ2n) is 6.89. The van der Waals surface area contributed by atoms with E-state index in [1.165, 1.54) is 31.9 Å². The second-order valence-corrected chi connectivity index (χ2v) is 9.22. The zero-order chi connectivity index (χ0) is 14.8. The summed E-state index contributed by atoms with van der Waals surface area (Å²) in [6, 6.07) is 1.93. The van der Waals surface area contributed by atoms with Crippen LogP contribution in [-0.2, 0) is 9.84 Å². The first-order chi connectivity index (χ1) is 9.36. The number of nitrogens with one attached hydrogen (secondary N) is 1. The fraction of sp³-hybridized carbons (Fsp3) is 1.00. The summed E-state index contributed by atoms with van der Waals surface area (Å²) in [6.07, 6.45) is 8.06. The molecule has 1 saturated carbocycles. The van der Waals surface area contributed by atoms with Crippen molar-refractivity contribution in [3.8, 4) is 0 Å². The van der Waals surface area contributed by atoms with Crippen molar-refractivity contribution in [1.82, 2.24) is 10.2 Å². The Hall–Kier alpha value is -0.130. The van der Waals surface area contributed by atoms with Crippen LogP contribution >= 0.6 is 0 Å². The predicted octanol–water partition coefficient (Wildman–Crippen LogP) is 2.05. The maximum atomic E-state index is 11.6. The third-order valence-corrected chi connectivity index (χ3v) is 6.55. The summed E-state index contributed by atoms with van der Waals surface area (Å²) in [7, 11) is -2.84. The van der Waals surface area contributed by atoms with E-state index in [1.54, 1.807) is 0 Å². The van der Waals surface area contributed by atoms with Gasteiger partial charge in [-0.3, -0.25) is 0 Å². The van der Waals surface area contributed by atoms with E-state index < -0.39 is 9.84 Å². The Kier molecular flexibility index (Phi) is 5.49. The lowest BCUT2D eigenvalue weighted by molar-refractivity contribution is 0.120. The summed E-state index contributed by atoms with van der Waals surface area (Å²) in [5, 5.41) is 3.53. The predicted molar refractivity (Wildman–Crippen MR) is 85.9 cm³/mol. The van der Waals surface area contributed by atoms with E-state index in [-0.39, 0.29) is 6.68 Å². The molecule has 0 aromatic rings. The molecule has 120 valence electrons. The molecular formula is C15H32N2O2S. The van der Waals surface area contributed by atoms with Gasteiger partial charge in [0.15, 0.2) is 0 Å². The van der Waals surface area contributed by atoms with E-state index in [9.17, 15) is 8.42 Å². The molecule has 1 N–H and O–H groups in total. The zero-order valence-corrected chi connectivity index (χ0v) is 14.0. The van der Waals surface area contributed by atoms with Crippen LogP contribution in [0.15, 0.2) is 0 Å². The summed E-state index contributed by atoms with van der Waals surface area (Å²) in [6.45, 7) is 6.35. The van der Waals surface area contributed by atoms with Crippen LogP contribution in [0.4, 0.5) is 0 Å². The minimum atomic E-state index is -2.84. The summed E-state index contributed by atoms with van der Waals surface area (Å²) in [5.74, 6) is 0. The molecule has 0 amide bonds. The average molecular weight is 305 g/mol. The van der Waals surface area contributed by atoms with E-state index in [1.807, 2.05) is 0 Å². The molecule has 0 aromatic heterocycles. The maximum Gasteiger partial charge on any atom is 0.150 e. The van der Waals surface area contributed by atoms with Crippen LogP contribution in [0.25, 0.3) is 0 Å². The number of likely N-dealkylation sites (tertiary alicyclic amines) is 1. The molecule has 0 atom stereocenters. The van der Waals surface area contributed by atoms with E-state index in [2.05, 4.69) is 24.1 Å².